The lowest BCUT2D eigenvalue weighted by molar-refractivity contribution is 0.744. The van der Waals surface area contributed by atoms with Gasteiger partial charge >= 0.3 is 0 Å². The average molecular weight is 298 g/mol. The summed E-state index contributed by atoms with van der Waals surface area (Å²) < 4.78 is 0. The van der Waals surface area contributed by atoms with Crippen molar-refractivity contribution in [3.8, 4) is 0 Å². The van der Waals surface area contributed by atoms with E-state index < -0.39 is 0 Å². The third kappa shape index (κ3) is 3.97. The number of hydrogen-bond donors (Lipinski definition) is 3. The number of aliphatic imine (C=N–C) groups is 1. The zero-order chi connectivity index (χ0) is 13.7. The molecule has 1 aromatic rings. The van der Waals surface area contributed by atoms with E-state index in [0.717, 1.165) is 31.6 Å². The van der Waals surface area contributed by atoms with Gasteiger partial charge in [0, 0.05) is 18.1 Å². The summed E-state index contributed by atoms with van der Waals surface area (Å²) in [7, 11) is 0. The number of nitrogens with zero attached hydrogens (tertiary/aromatic N) is 2. The van der Waals surface area contributed by atoms with Crippen LogP contribution in [0.5, 0.6) is 0 Å². The van der Waals surface area contributed by atoms with Crippen LogP contribution in [0.2, 0.25) is 5.02 Å². The zero-order valence-corrected chi connectivity index (χ0v) is 12.0. The number of hydrogen-bond acceptors (Lipinski definition) is 4. The number of thiocarbonyl (C=S) groups is 1. The predicted octanol–water partition coefficient (Wildman–Crippen LogP) is 1.63. The van der Waals surface area contributed by atoms with E-state index in [-0.39, 0.29) is 5.11 Å². The molecule has 4 N–H and O–H groups in total. The molecule has 19 heavy (non-hydrogen) atoms. The Morgan fingerprint density at radius 3 is 2.79 bits per heavy atom. The number of benzene rings is 1. The maximum Gasteiger partial charge on any atom is 0.210 e. The minimum Gasteiger partial charge on any atom is -0.374 e. The van der Waals surface area contributed by atoms with E-state index in [0.29, 0.717) is 11.0 Å². The van der Waals surface area contributed by atoms with Gasteiger partial charge in [0.1, 0.15) is 0 Å². The second kappa shape index (κ2) is 6.58. The minimum atomic E-state index is 0.219. The topological polar surface area (TPSA) is 65.7 Å². The predicted molar refractivity (Wildman–Crippen MR) is 83.4 cm³/mol. The van der Waals surface area contributed by atoms with E-state index >= 15 is 0 Å². The lowest BCUT2D eigenvalue weighted by Gasteiger charge is -2.25. The molecule has 1 heterocycles. The summed E-state index contributed by atoms with van der Waals surface area (Å²) in [6, 6.07) is 7.25. The van der Waals surface area contributed by atoms with Crippen molar-refractivity contribution in [1.82, 2.24) is 10.7 Å². The van der Waals surface area contributed by atoms with E-state index in [1.165, 1.54) is 0 Å². The molecule has 0 saturated heterocycles. The third-order valence-corrected chi connectivity index (χ3v) is 3.10. The number of rotatable bonds is 1. The maximum atomic E-state index is 5.87. The molecule has 7 heteroatoms. The van der Waals surface area contributed by atoms with Gasteiger partial charge in [0.05, 0.1) is 5.69 Å². The zero-order valence-electron chi connectivity index (χ0n) is 10.4. The molecule has 5 nitrogen and oxygen atoms in total. The molecule has 1 aromatic carbocycles. The molecule has 0 fully saturated rings. The molecule has 0 atom stereocenters. The Morgan fingerprint density at radius 1 is 1.37 bits per heavy atom. The summed E-state index contributed by atoms with van der Waals surface area (Å²) in [6.45, 7) is 1.68. The van der Waals surface area contributed by atoms with Crippen molar-refractivity contribution >= 4 is 40.6 Å². The fourth-order valence-corrected chi connectivity index (χ4v) is 1.99. The van der Waals surface area contributed by atoms with E-state index in [2.05, 4.69) is 15.7 Å². The molecule has 2 rings (SSSR count). The lowest BCUT2D eigenvalue weighted by atomic mass is 10.3. The Kier molecular flexibility index (Phi) is 4.81. The van der Waals surface area contributed by atoms with Gasteiger partial charge in [0.15, 0.2) is 5.11 Å². The third-order valence-electron chi connectivity index (χ3n) is 2.67. The molecule has 0 aromatic heterocycles. The Bertz CT molecular complexity index is 474. The van der Waals surface area contributed by atoms with E-state index in [1.807, 2.05) is 12.1 Å². The molecular weight excluding hydrogens is 282 g/mol. The molecule has 0 aliphatic carbocycles. The number of nitrogens with one attached hydrogen (secondary N) is 2. The van der Waals surface area contributed by atoms with Gasteiger partial charge in [-0.15, -0.1) is 0 Å². The van der Waals surface area contributed by atoms with Crippen molar-refractivity contribution in [2.24, 2.45) is 10.7 Å². The lowest BCUT2D eigenvalue weighted by Crippen LogP contribution is -2.53. The standard InChI is InChI=1S/C12H16ClN5S/c13-9-3-5-10(6-4-9)18(11(14)19)17-12-15-7-1-2-8-16-12/h3-6H,1-2,7-8H2,(H2,14,19)(H2,15,16,17). The summed E-state index contributed by atoms with van der Waals surface area (Å²) in [6.07, 6.45) is 2.18. The Morgan fingerprint density at radius 2 is 2.11 bits per heavy atom. The van der Waals surface area contributed by atoms with Crippen molar-refractivity contribution in [3.63, 3.8) is 0 Å². The van der Waals surface area contributed by atoms with Crippen LogP contribution >= 0.6 is 23.8 Å². The summed E-state index contributed by atoms with van der Waals surface area (Å²) in [4.78, 5) is 4.40. The fraction of sp³-hybridized carbons (Fsp3) is 0.333. The van der Waals surface area contributed by atoms with Crippen molar-refractivity contribution < 1.29 is 0 Å². The SMILES string of the molecule is NC(=S)N(NC1=NCCCCN1)c1ccc(Cl)cc1. The molecule has 0 radical (unpaired) electrons. The molecule has 0 spiro atoms. The molecular formula is C12H16ClN5S. The summed E-state index contributed by atoms with van der Waals surface area (Å²) in [5.74, 6) is 0.681. The Balaban J connectivity index is 2.14. The molecule has 102 valence electrons. The van der Waals surface area contributed by atoms with Crippen LogP contribution in [-0.2, 0) is 0 Å². The number of anilines is 1. The summed E-state index contributed by atoms with van der Waals surface area (Å²) in [5, 5.41) is 5.69. The average Bonchev–Trinajstić information content (AvgIpc) is 2.65. The molecule has 1 aliphatic rings. The van der Waals surface area contributed by atoms with Gasteiger partial charge in [-0.1, -0.05) is 11.6 Å². The summed E-state index contributed by atoms with van der Waals surface area (Å²) in [5.41, 5.74) is 9.65. The first-order chi connectivity index (χ1) is 9.16. The second-order valence-corrected chi connectivity index (χ2v) is 4.98. The normalized spacial score (nSPS) is 14.9. The first-order valence-electron chi connectivity index (χ1n) is 6.07. The van der Waals surface area contributed by atoms with Crippen molar-refractivity contribution in [1.29, 1.82) is 0 Å². The maximum absolute atomic E-state index is 5.87. The van der Waals surface area contributed by atoms with Crippen molar-refractivity contribution in [3.05, 3.63) is 29.3 Å². The van der Waals surface area contributed by atoms with Crippen molar-refractivity contribution in [2.75, 3.05) is 18.1 Å². The van der Waals surface area contributed by atoms with E-state index in [9.17, 15) is 0 Å². The van der Waals surface area contributed by atoms with Crippen LogP contribution in [-0.4, -0.2) is 24.2 Å². The minimum absolute atomic E-state index is 0.219. The smallest absolute Gasteiger partial charge is 0.210 e. The highest BCUT2D eigenvalue weighted by atomic mass is 35.5. The Labute approximate surface area is 122 Å². The van der Waals surface area contributed by atoms with E-state index in [1.54, 1.807) is 17.1 Å². The molecule has 0 unspecified atom stereocenters. The van der Waals surface area contributed by atoms with Crippen LogP contribution in [0.4, 0.5) is 5.69 Å². The van der Waals surface area contributed by atoms with Gasteiger partial charge in [-0.2, -0.15) is 0 Å². The fourth-order valence-electron chi connectivity index (χ4n) is 1.71. The van der Waals surface area contributed by atoms with E-state index in [4.69, 9.17) is 29.6 Å². The highest BCUT2D eigenvalue weighted by Crippen LogP contribution is 2.16. The van der Waals surface area contributed by atoms with Gasteiger partial charge in [0.2, 0.25) is 5.96 Å². The van der Waals surface area contributed by atoms with Gasteiger partial charge in [-0.05, 0) is 49.3 Å². The second-order valence-electron chi connectivity index (χ2n) is 4.13. The highest BCUT2D eigenvalue weighted by molar-refractivity contribution is 7.80. The van der Waals surface area contributed by atoms with Crippen LogP contribution in [0.15, 0.2) is 29.3 Å². The molecule has 0 amide bonds. The van der Waals surface area contributed by atoms with Crippen LogP contribution in [0.1, 0.15) is 12.8 Å². The molecule has 0 saturated carbocycles. The number of nitrogens with two attached hydrogens (primary N) is 1. The Hall–Kier alpha value is -1.53. The van der Waals surface area contributed by atoms with Gasteiger partial charge in [0.25, 0.3) is 0 Å². The van der Waals surface area contributed by atoms with Gasteiger partial charge in [-0.3, -0.25) is 10.4 Å². The van der Waals surface area contributed by atoms with Crippen LogP contribution in [0.25, 0.3) is 0 Å². The van der Waals surface area contributed by atoms with Gasteiger partial charge in [-0.25, -0.2) is 5.01 Å². The van der Waals surface area contributed by atoms with Crippen LogP contribution in [0, 0.1) is 0 Å². The first kappa shape index (κ1) is 13.9. The van der Waals surface area contributed by atoms with Crippen LogP contribution < -0.4 is 21.5 Å². The molecule has 1 aliphatic heterocycles. The quantitative estimate of drug-likeness (QED) is 0.543. The van der Waals surface area contributed by atoms with Gasteiger partial charge < -0.3 is 11.1 Å². The largest absolute Gasteiger partial charge is 0.374 e. The van der Waals surface area contributed by atoms with Crippen LogP contribution in [0.3, 0.4) is 0 Å². The van der Waals surface area contributed by atoms with Crippen molar-refractivity contribution in [2.45, 2.75) is 12.8 Å². The summed E-state index contributed by atoms with van der Waals surface area (Å²) >= 11 is 10.9. The molecule has 0 bridgehead atoms. The highest BCUT2D eigenvalue weighted by Gasteiger charge is 2.12. The number of guanidine groups is 1. The number of hydrazine groups is 1. The number of halogens is 1. The monoisotopic (exact) mass is 297 g/mol. The first-order valence-corrected chi connectivity index (χ1v) is 6.85.